The van der Waals surface area contributed by atoms with Gasteiger partial charge in [-0.15, -0.1) is 0 Å². The number of esters is 1. The predicted octanol–water partition coefficient (Wildman–Crippen LogP) is 6.33. The second-order valence-electron chi connectivity index (χ2n) is 10.8. The molecule has 3 heterocycles. The van der Waals surface area contributed by atoms with E-state index in [1.54, 1.807) is 31.2 Å². The number of rotatable bonds is 9. The minimum Gasteiger partial charge on any atom is -0.491 e. The number of para-hydroxylation sites is 1. The molecule has 5 aromatic rings. The van der Waals surface area contributed by atoms with Crippen LogP contribution in [0.25, 0.3) is 23.1 Å². The van der Waals surface area contributed by atoms with Gasteiger partial charge < -0.3 is 19.0 Å². The van der Waals surface area contributed by atoms with Gasteiger partial charge in [-0.3, -0.25) is 9.36 Å². The molecule has 11 heteroatoms. The number of hydrogen-bond acceptors (Lipinski definition) is 8. The highest BCUT2D eigenvalue weighted by Crippen LogP contribution is 2.39. The van der Waals surface area contributed by atoms with E-state index < -0.39 is 18.0 Å². The average Bonchev–Trinajstić information content (AvgIpc) is 3.65. The molecule has 1 aliphatic heterocycles. The Hall–Kier alpha value is -5.19. The lowest BCUT2D eigenvalue weighted by Crippen LogP contribution is -2.40. The molecule has 1 atom stereocenters. The average molecular weight is 669 g/mol. The van der Waals surface area contributed by atoms with E-state index in [1.807, 2.05) is 68.4 Å². The van der Waals surface area contributed by atoms with Gasteiger partial charge in [0.25, 0.3) is 5.56 Å². The quantitative estimate of drug-likeness (QED) is 0.182. The van der Waals surface area contributed by atoms with Gasteiger partial charge >= 0.3 is 11.9 Å². The van der Waals surface area contributed by atoms with Crippen LogP contribution < -0.4 is 19.6 Å². The summed E-state index contributed by atoms with van der Waals surface area (Å²) in [4.78, 5) is 44.9. The summed E-state index contributed by atoms with van der Waals surface area (Å²) in [6.45, 7) is 5.67. The molecule has 0 aliphatic carbocycles. The number of halogens is 1. The van der Waals surface area contributed by atoms with Gasteiger partial charge in [-0.25, -0.2) is 14.6 Å². The van der Waals surface area contributed by atoms with E-state index in [0.29, 0.717) is 49.0 Å². The Labute approximate surface area is 278 Å². The first-order valence-corrected chi connectivity index (χ1v) is 16.0. The van der Waals surface area contributed by atoms with Crippen molar-refractivity contribution < 1.29 is 28.6 Å². The highest BCUT2D eigenvalue weighted by Gasteiger charge is 2.36. The van der Waals surface area contributed by atoms with Crippen LogP contribution in [0.5, 0.6) is 5.75 Å². The predicted molar refractivity (Wildman–Crippen MR) is 179 cm³/mol. The third kappa shape index (κ3) is 6.30. The van der Waals surface area contributed by atoms with Crippen molar-refractivity contribution in [3.63, 3.8) is 0 Å². The monoisotopic (exact) mass is 668 g/mol. The van der Waals surface area contributed by atoms with E-state index in [9.17, 15) is 19.5 Å². The summed E-state index contributed by atoms with van der Waals surface area (Å²) in [5, 5.41) is 9.59. The topological polar surface area (TPSA) is 120 Å². The maximum absolute atomic E-state index is 14.3. The van der Waals surface area contributed by atoms with Gasteiger partial charge in [0, 0.05) is 22.8 Å². The van der Waals surface area contributed by atoms with E-state index in [0.717, 1.165) is 11.3 Å². The summed E-state index contributed by atoms with van der Waals surface area (Å²) in [6, 6.07) is 23.7. The lowest BCUT2D eigenvalue weighted by atomic mass is 9.92. The first-order valence-electron chi connectivity index (χ1n) is 14.8. The summed E-state index contributed by atoms with van der Waals surface area (Å²) < 4.78 is 19.6. The van der Waals surface area contributed by atoms with Crippen LogP contribution in [0.15, 0.2) is 105 Å². The van der Waals surface area contributed by atoms with E-state index in [1.165, 1.54) is 16.7 Å². The third-order valence-corrected chi connectivity index (χ3v) is 8.64. The Morgan fingerprint density at radius 1 is 1.04 bits per heavy atom. The number of carboxylic acid groups (broad SMARTS) is 1. The van der Waals surface area contributed by atoms with Crippen LogP contribution in [0.4, 0.5) is 0 Å². The maximum atomic E-state index is 14.3. The van der Waals surface area contributed by atoms with Gasteiger partial charge in [-0.05, 0) is 57.2 Å². The van der Waals surface area contributed by atoms with E-state index in [-0.39, 0.29) is 34.4 Å². The number of carbonyl (C=O) groups is 2. The van der Waals surface area contributed by atoms with Crippen LogP contribution in [0.3, 0.4) is 0 Å². The van der Waals surface area contributed by atoms with Crippen molar-refractivity contribution in [2.24, 2.45) is 4.99 Å². The Bertz CT molecular complexity index is 2210. The van der Waals surface area contributed by atoms with Crippen LogP contribution in [0.1, 0.15) is 54.1 Å². The smallest absolute Gasteiger partial charge is 0.338 e. The number of aromatic carboxylic acids is 1. The standard InChI is InChI=1S/C36H29ClN2O7S/c1-4-44-35(43)30-31(21-10-6-5-7-11-21)38-36-39(32(30)24-12-8-9-13-28(24)45-20(2)3)33(40)29(47-36)19-23-15-17-27(46-23)22-14-16-26(37)25(18-22)34(41)42/h5-20,32H,4H2,1-3H3,(H,41,42)/b29-19+/t32-/m1/s1. The summed E-state index contributed by atoms with van der Waals surface area (Å²) in [6.07, 6.45) is 1.43. The van der Waals surface area contributed by atoms with Crippen LogP contribution in [-0.2, 0) is 9.53 Å². The SMILES string of the molecule is CCOC(=O)C1=C(c2ccccc2)N=c2s/c(=C/c3ccc(-c4ccc(Cl)c(C(=O)O)c4)o3)c(=O)n2[C@@H]1c1ccccc1OC(C)C. The molecule has 0 fully saturated rings. The van der Waals surface area contributed by atoms with E-state index >= 15 is 0 Å². The molecule has 2 aromatic heterocycles. The van der Waals surface area contributed by atoms with Crippen LogP contribution in [0.2, 0.25) is 5.02 Å². The van der Waals surface area contributed by atoms with Crippen molar-refractivity contribution in [1.29, 1.82) is 0 Å². The normalized spacial score (nSPS) is 14.6. The molecule has 0 bridgehead atoms. The number of ether oxygens (including phenoxy) is 2. The molecule has 0 saturated carbocycles. The number of hydrogen-bond donors (Lipinski definition) is 1. The van der Waals surface area contributed by atoms with Crippen LogP contribution in [-0.4, -0.2) is 34.3 Å². The molecule has 47 heavy (non-hydrogen) atoms. The largest absolute Gasteiger partial charge is 0.491 e. The molecule has 1 aliphatic rings. The molecular weight excluding hydrogens is 640 g/mol. The number of thiazole rings is 1. The molecule has 238 valence electrons. The van der Waals surface area contributed by atoms with E-state index in [2.05, 4.69) is 0 Å². The fraction of sp³-hybridized carbons (Fsp3) is 0.167. The third-order valence-electron chi connectivity index (χ3n) is 7.33. The Morgan fingerprint density at radius 3 is 2.51 bits per heavy atom. The molecule has 0 saturated heterocycles. The molecule has 9 nitrogen and oxygen atoms in total. The fourth-order valence-corrected chi connectivity index (χ4v) is 6.54. The lowest BCUT2D eigenvalue weighted by Gasteiger charge is -2.27. The van der Waals surface area contributed by atoms with Crippen molar-refractivity contribution in [1.82, 2.24) is 4.57 Å². The molecular formula is C36H29ClN2O7S. The first-order chi connectivity index (χ1) is 22.7. The Morgan fingerprint density at radius 2 is 1.79 bits per heavy atom. The van der Waals surface area contributed by atoms with Crippen molar-refractivity contribution in [2.45, 2.75) is 32.9 Å². The fourth-order valence-electron chi connectivity index (χ4n) is 5.36. The van der Waals surface area contributed by atoms with Gasteiger partial charge in [0.1, 0.15) is 23.3 Å². The molecule has 0 spiro atoms. The molecule has 1 N–H and O–H groups in total. The molecule has 0 radical (unpaired) electrons. The van der Waals surface area contributed by atoms with Crippen molar-refractivity contribution in [3.05, 3.63) is 138 Å². The highest BCUT2D eigenvalue weighted by atomic mass is 35.5. The number of carboxylic acids is 1. The second-order valence-corrected chi connectivity index (χ2v) is 12.3. The summed E-state index contributed by atoms with van der Waals surface area (Å²) in [5.41, 5.74) is 2.00. The van der Waals surface area contributed by atoms with Gasteiger partial charge in [-0.1, -0.05) is 71.5 Å². The van der Waals surface area contributed by atoms with Crippen LogP contribution in [0, 0.1) is 0 Å². The minimum atomic E-state index is -1.16. The zero-order valence-corrected chi connectivity index (χ0v) is 27.2. The summed E-state index contributed by atoms with van der Waals surface area (Å²) in [5.74, 6) is -0.454. The van der Waals surface area contributed by atoms with Gasteiger partial charge in [0.2, 0.25) is 0 Å². The highest BCUT2D eigenvalue weighted by molar-refractivity contribution is 7.07. The second kappa shape index (κ2) is 13.3. The first kappa shape index (κ1) is 31.8. The van der Waals surface area contributed by atoms with Crippen LogP contribution >= 0.6 is 22.9 Å². The van der Waals surface area contributed by atoms with Crippen molar-refractivity contribution in [3.8, 4) is 17.1 Å². The molecule has 0 amide bonds. The molecule has 6 rings (SSSR count). The number of carbonyl (C=O) groups excluding carboxylic acids is 1. The number of aromatic nitrogens is 1. The van der Waals surface area contributed by atoms with Gasteiger partial charge in [-0.2, -0.15) is 0 Å². The van der Waals surface area contributed by atoms with Crippen molar-refractivity contribution in [2.75, 3.05) is 6.61 Å². The Kier molecular flexibility index (Phi) is 8.97. The molecule has 3 aromatic carbocycles. The zero-order valence-electron chi connectivity index (χ0n) is 25.6. The van der Waals surface area contributed by atoms with Crippen molar-refractivity contribution >= 4 is 46.6 Å². The van der Waals surface area contributed by atoms with Gasteiger partial charge in [0.15, 0.2) is 4.80 Å². The summed E-state index contributed by atoms with van der Waals surface area (Å²) in [7, 11) is 0. The maximum Gasteiger partial charge on any atom is 0.338 e. The number of nitrogens with zero attached hydrogens (tertiary/aromatic N) is 2. The Balaban J connectivity index is 1.56. The molecule has 0 unspecified atom stereocenters. The number of fused-ring (bicyclic) bond motifs is 1. The number of furan rings is 1. The van der Waals surface area contributed by atoms with E-state index in [4.69, 9.17) is 30.5 Å². The number of benzene rings is 3. The lowest BCUT2D eigenvalue weighted by molar-refractivity contribution is -0.138. The summed E-state index contributed by atoms with van der Waals surface area (Å²) >= 11 is 7.20. The van der Waals surface area contributed by atoms with Gasteiger partial charge in [0.05, 0.1) is 39.1 Å². The minimum absolute atomic E-state index is 0.0521. The zero-order chi connectivity index (χ0) is 33.2.